The minimum absolute atomic E-state index is 0.642. The van der Waals surface area contributed by atoms with Crippen molar-refractivity contribution in [2.24, 2.45) is 5.92 Å². The number of nitrogen functional groups attached to an aromatic ring is 1. The van der Waals surface area contributed by atoms with Gasteiger partial charge in [-0.3, -0.25) is 4.98 Å². The SMILES string of the molecule is Nc1nsc(N2CCCC3CCCC32)c1-c1cccnc1. The van der Waals surface area contributed by atoms with E-state index in [1.165, 1.54) is 37.1 Å². The zero-order valence-electron chi connectivity index (χ0n) is 12.0. The third-order valence-corrected chi connectivity index (χ3v) is 5.80. The Kier molecular flexibility index (Phi) is 3.30. The monoisotopic (exact) mass is 300 g/mol. The van der Waals surface area contributed by atoms with Gasteiger partial charge in [0.15, 0.2) is 0 Å². The van der Waals surface area contributed by atoms with Gasteiger partial charge >= 0.3 is 0 Å². The van der Waals surface area contributed by atoms with Crippen LogP contribution in [-0.2, 0) is 0 Å². The van der Waals surface area contributed by atoms with Crippen molar-refractivity contribution in [1.82, 2.24) is 9.36 Å². The second kappa shape index (κ2) is 5.30. The summed E-state index contributed by atoms with van der Waals surface area (Å²) < 4.78 is 4.43. The molecule has 2 unspecified atom stereocenters. The Morgan fingerprint density at radius 2 is 2.14 bits per heavy atom. The maximum atomic E-state index is 6.16. The molecule has 1 saturated carbocycles. The van der Waals surface area contributed by atoms with E-state index in [2.05, 4.69) is 20.3 Å². The van der Waals surface area contributed by atoms with Crippen molar-refractivity contribution in [3.8, 4) is 11.1 Å². The lowest BCUT2D eigenvalue weighted by Crippen LogP contribution is -2.42. The second-order valence-corrected chi connectivity index (χ2v) is 6.84. The Bertz CT molecular complexity index is 624. The quantitative estimate of drug-likeness (QED) is 0.921. The minimum Gasteiger partial charge on any atom is -0.382 e. The van der Waals surface area contributed by atoms with Crippen LogP contribution in [0.3, 0.4) is 0 Å². The molecule has 5 heteroatoms. The van der Waals surface area contributed by atoms with Crippen molar-refractivity contribution in [3.63, 3.8) is 0 Å². The predicted octanol–water partition coefficient (Wildman–Crippen LogP) is 3.56. The summed E-state index contributed by atoms with van der Waals surface area (Å²) in [6.45, 7) is 1.13. The van der Waals surface area contributed by atoms with Gasteiger partial charge in [-0.05, 0) is 49.2 Å². The predicted molar refractivity (Wildman–Crippen MR) is 87.5 cm³/mol. The maximum Gasteiger partial charge on any atom is 0.147 e. The highest BCUT2D eigenvalue weighted by Crippen LogP contribution is 2.45. The van der Waals surface area contributed by atoms with Crippen molar-refractivity contribution in [2.45, 2.75) is 38.1 Å². The fourth-order valence-corrected chi connectivity index (χ4v) is 4.90. The summed E-state index contributed by atoms with van der Waals surface area (Å²) in [5.41, 5.74) is 8.33. The highest BCUT2D eigenvalue weighted by atomic mass is 32.1. The van der Waals surface area contributed by atoms with E-state index in [1.54, 1.807) is 17.7 Å². The lowest BCUT2D eigenvalue weighted by molar-refractivity contribution is 0.364. The number of nitrogens with zero attached hydrogens (tertiary/aromatic N) is 3. The van der Waals surface area contributed by atoms with Crippen molar-refractivity contribution < 1.29 is 0 Å². The third kappa shape index (κ3) is 2.20. The summed E-state index contributed by atoms with van der Waals surface area (Å²) >= 11 is 1.55. The number of rotatable bonds is 2. The molecule has 2 aromatic rings. The number of hydrogen-bond donors (Lipinski definition) is 1. The Morgan fingerprint density at radius 3 is 3.00 bits per heavy atom. The van der Waals surface area contributed by atoms with Crippen molar-refractivity contribution in [3.05, 3.63) is 24.5 Å². The first-order valence-electron chi connectivity index (χ1n) is 7.77. The summed E-state index contributed by atoms with van der Waals surface area (Å²) in [4.78, 5) is 6.82. The molecule has 1 aliphatic carbocycles. The van der Waals surface area contributed by atoms with Gasteiger partial charge in [-0.15, -0.1) is 0 Å². The Balaban J connectivity index is 1.76. The summed E-state index contributed by atoms with van der Waals surface area (Å²) in [6, 6.07) is 4.73. The first-order chi connectivity index (χ1) is 10.3. The standard InChI is InChI=1S/C16H20N4S/c17-15-14(12-5-2-8-18-10-12)16(21-19-15)20-9-3-6-11-4-1-7-13(11)20/h2,5,8,10-11,13H,1,3-4,6-7,9H2,(H2,17,19). The number of nitrogens with two attached hydrogens (primary N) is 1. The normalized spacial score (nSPS) is 25.0. The maximum absolute atomic E-state index is 6.16. The topological polar surface area (TPSA) is 55.0 Å². The average Bonchev–Trinajstić information content (AvgIpc) is 3.14. The Morgan fingerprint density at radius 1 is 1.24 bits per heavy atom. The molecule has 2 aromatic heterocycles. The number of piperidine rings is 1. The fourth-order valence-electron chi connectivity index (χ4n) is 3.98. The molecular formula is C16H20N4S. The van der Waals surface area contributed by atoms with Crippen LogP contribution in [0.5, 0.6) is 0 Å². The van der Waals surface area contributed by atoms with Gasteiger partial charge in [0.05, 0.1) is 5.56 Å². The molecule has 0 spiro atoms. The first kappa shape index (κ1) is 13.1. The molecule has 2 aliphatic rings. The van der Waals surface area contributed by atoms with Crippen molar-refractivity contribution >= 4 is 22.4 Å². The molecule has 0 radical (unpaired) electrons. The van der Waals surface area contributed by atoms with E-state index in [1.807, 2.05) is 12.3 Å². The van der Waals surface area contributed by atoms with E-state index in [-0.39, 0.29) is 0 Å². The largest absolute Gasteiger partial charge is 0.382 e. The molecule has 21 heavy (non-hydrogen) atoms. The van der Waals surface area contributed by atoms with E-state index < -0.39 is 0 Å². The zero-order valence-corrected chi connectivity index (χ0v) is 12.9. The van der Waals surface area contributed by atoms with Crippen LogP contribution in [0.2, 0.25) is 0 Å². The van der Waals surface area contributed by atoms with E-state index in [0.29, 0.717) is 11.9 Å². The highest BCUT2D eigenvalue weighted by molar-refractivity contribution is 7.11. The number of pyridine rings is 1. The van der Waals surface area contributed by atoms with Crippen molar-refractivity contribution in [2.75, 3.05) is 17.2 Å². The van der Waals surface area contributed by atoms with Gasteiger partial charge < -0.3 is 10.6 Å². The van der Waals surface area contributed by atoms with Crippen LogP contribution in [0.1, 0.15) is 32.1 Å². The van der Waals surface area contributed by atoms with E-state index in [4.69, 9.17) is 5.73 Å². The summed E-state index contributed by atoms with van der Waals surface area (Å²) in [7, 11) is 0. The van der Waals surface area contributed by atoms with Crippen LogP contribution < -0.4 is 10.6 Å². The minimum atomic E-state index is 0.642. The van der Waals surface area contributed by atoms with Crippen LogP contribution in [0.15, 0.2) is 24.5 Å². The van der Waals surface area contributed by atoms with Gasteiger partial charge in [0.25, 0.3) is 0 Å². The molecule has 110 valence electrons. The molecule has 2 fully saturated rings. The molecular weight excluding hydrogens is 280 g/mol. The Labute approximate surface area is 129 Å². The average molecular weight is 300 g/mol. The van der Waals surface area contributed by atoms with Gasteiger partial charge in [0, 0.05) is 30.5 Å². The molecule has 1 aliphatic heterocycles. The molecule has 3 heterocycles. The fraction of sp³-hybridized carbons (Fsp3) is 0.500. The van der Waals surface area contributed by atoms with Crippen LogP contribution in [-0.4, -0.2) is 21.9 Å². The van der Waals surface area contributed by atoms with Crippen molar-refractivity contribution in [1.29, 1.82) is 0 Å². The number of aromatic nitrogens is 2. The lowest BCUT2D eigenvalue weighted by Gasteiger charge is -2.38. The Hall–Kier alpha value is -1.62. The summed E-state index contributed by atoms with van der Waals surface area (Å²) in [5.74, 6) is 1.51. The van der Waals surface area contributed by atoms with Crippen LogP contribution >= 0.6 is 11.5 Å². The molecule has 1 saturated heterocycles. The molecule has 4 rings (SSSR count). The summed E-state index contributed by atoms with van der Waals surface area (Å²) in [5, 5.41) is 1.25. The van der Waals surface area contributed by atoms with Gasteiger partial charge in [0.2, 0.25) is 0 Å². The highest BCUT2D eigenvalue weighted by Gasteiger charge is 2.37. The molecule has 4 nitrogen and oxygen atoms in total. The molecule has 2 N–H and O–H groups in total. The van der Waals surface area contributed by atoms with E-state index >= 15 is 0 Å². The molecule has 2 atom stereocenters. The first-order valence-corrected chi connectivity index (χ1v) is 8.54. The van der Waals surface area contributed by atoms with E-state index in [9.17, 15) is 0 Å². The molecule has 0 bridgehead atoms. The third-order valence-electron chi connectivity index (χ3n) is 4.90. The second-order valence-electron chi connectivity index (χ2n) is 6.08. The van der Waals surface area contributed by atoms with Crippen LogP contribution in [0, 0.1) is 5.92 Å². The van der Waals surface area contributed by atoms with E-state index in [0.717, 1.165) is 23.6 Å². The molecule has 0 aromatic carbocycles. The number of hydrogen-bond acceptors (Lipinski definition) is 5. The number of fused-ring (bicyclic) bond motifs is 1. The van der Waals surface area contributed by atoms with Gasteiger partial charge in [-0.2, -0.15) is 4.37 Å². The van der Waals surface area contributed by atoms with Crippen LogP contribution in [0.25, 0.3) is 11.1 Å². The smallest absolute Gasteiger partial charge is 0.147 e. The zero-order chi connectivity index (χ0) is 14.2. The summed E-state index contributed by atoms with van der Waals surface area (Å²) in [6.07, 6.45) is 10.4. The van der Waals surface area contributed by atoms with Gasteiger partial charge in [-0.25, -0.2) is 0 Å². The van der Waals surface area contributed by atoms with Gasteiger partial charge in [0.1, 0.15) is 10.8 Å². The molecule has 0 amide bonds. The van der Waals surface area contributed by atoms with Crippen LogP contribution in [0.4, 0.5) is 10.8 Å². The number of anilines is 2. The van der Waals surface area contributed by atoms with Gasteiger partial charge in [-0.1, -0.05) is 12.5 Å². The lowest BCUT2D eigenvalue weighted by atomic mass is 9.92.